The van der Waals surface area contributed by atoms with E-state index in [2.05, 4.69) is 4.99 Å². The van der Waals surface area contributed by atoms with Crippen LogP contribution in [0.5, 0.6) is 17.2 Å². The Hall–Kier alpha value is -3.20. The molecule has 8 nitrogen and oxygen atoms in total. The maximum absolute atomic E-state index is 12.9. The fourth-order valence-corrected chi connectivity index (χ4v) is 4.11. The minimum Gasteiger partial charge on any atom is -0.497 e. The first-order valence-corrected chi connectivity index (χ1v) is 9.96. The lowest BCUT2D eigenvalue weighted by atomic mass is 10.1. The van der Waals surface area contributed by atoms with E-state index in [9.17, 15) is 9.59 Å². The number of aliphatic carboxylic acids is 1. The summed E-state index contributed by atoms with van der Waals surface area (Å²) in [5.74, 6) is 0.506. The molecule has 1 aliphatic rings. The Kier molecular flexibility index (Phi) is 6.83. The molecule has 0 aromatic heterocycles. The molecule has 1 unspecified atom stereocenters. The van der Waals surface area contributed by atoms with E-state index >= 15 is 0 Å². The molecule has 2 aromatic carbocycles. The summed E-state index contributed by atoms with van der Waals surface area (Å²) in [5, 5.41) is 8.89. The van der Waals surface area contributed by atoms with E-state index in [0.29, 0.717) is 28.1 Å². The number of aliphatic imine (C=N–C) groups is 1. The van der Waals surface area contributed by atoms with Crippen molar-refractivity contribution in [1.29, 1.82) is 0 Å². The van der Waals surface area contributed by atoms with Crippen molar-refractivity contribution < 1.29 is 28.9 Å². The van der Waals surface area contributed by atoms with E-state index in [1.807, 2.05) is 6.07 Å². The fourth-order valence-electron chi connectivity index (χ4n) is 2.96. The van der Waals surface area contributed by atoms with E-state index in [1.165, 1.54) is 12.0 Å². The highest BCUT2D eigenvalue weighted by Gasteiger charge is 2.39. The van der Waals surface area contributed by atoms with Crippen molar-refractivity contribution in [3.63, 3.8) is 0 Å². The van der Waals surface area contributed by atoms with Crippen LogP contribution in [0.15, 0.2) is 47.5 Å². The summed E-state index contributed by atoms with van der Waals surface area (Å²) in [6.45, 7) is 0.233. The van der Waals surface area contributed by atoms with Gasteiger partial charge in [-0.1, -0.05) is 17.8 Å². The predicted molar refractivity (Wildman–Crippen MR) is 114 cm³/mol. The third-order valence-corrected chi connectivity index (χ3v) is 5.64. The number of carboxylic acids is 1. The Bertz CT molecular complexity index is 960. The topological polar surface area (TPSA) is 97.7 Å². The molecule has 0 aliphatic carbocycles. The number of hydrogen-bond donors (Lipinski definition) is 1. The highest BCUT2D eigenvalue weighted by Crippen LogP contribution is 2.34. The van der Waals surface area contributed by atoms with Crippen molar-refractivity contribution in [2.75, 3.05) is 21.3 Å². The van der Waals surface area contributed by atoms with Crippen molar-refractivity contribution in [3.8, 4) is 17.2 Å². The van der Waals surface area contributed by atoms with Crippen LogP contribution in [0, 0.1) is 0 Å². The van der Waals surface area contributed by atoms with Crippen LogP contribution in [0.1, 0.15) is 12.0 Å². The molecule has 30 heavy (non-hydrogen) atoms. The minimum absolute atomic E-state index is 0.233. The van der Waals surface area contributed by atoms with Crippen LogP contribution in [0.4, 0.5) is 5.69 Å². The third-order valence-electron chi connectivity index (χ3n) is 4.47. The molecule has 3 rings (SSSR count). The molecule has 0 bridgehead atoms. The average molecular weight is 430 g/mol. The first-order valence-electron chi connectivity index (χ1n) is 9.08. The number of amides is 1. The standard InChI is InChI=1S/C21H22N2O6S/c1-27-15-7-5-14(6-8-15)22-21-23(20(26)18(30-21)11-19(24)25)12-13-4-9-16(28-2)17(10-13)29-3/h4-10,18H,11-12H2,1-3H3,(H,24,25). The maximum atomic E-state index is 12.9. The zero-order valence-electron chi connectivity index (χ0n) is 16.8. The summed E-state index contributed by atoms with van der Waals surface area (Å²) in [5.41, 5.74) is 1.44. The van der Waals surface area contributed by atoms with Crippen LogP contribution < -0.4 is 14.2 Å². The van der Waals surface area contributed by atoms with Gasteiger partial charge in [0.05, 0.1) is 40.0 Å². The van der Waals surface area contributed by atoms with Gasteiger partial charge in [-0.25, -0.2) is 4.99 Å². The number of benzene rings is 2. The van der Waals surface area contributed by atoms with Crippen molar-refractivity contribution in [2.24, 2.45) is 4.99 Å². The predicted octanol–water partition coefficient (Wildman–Crippen LogP) is 3.32. The monoisotopic (exact) mass is 430 g/mol. The fraction of sp³-hybridized carbons (Fsp3) is 0.286. The Morgan fingerprint density at radius 1 is 1.07 bits per heavy atom. The largest absolute Gasteiger partial charge is 0.497 e. The molecule has 2 aromatic rings. The molecule has 1 N–H and O–H groups in total. The van der Waals surface area contributed by atoms with Gasteiger partial charge < -0.3 is 19.3 Å². The molecule has 0 radical (unpaired) electrons. The molecule has 1 heterocycles. The summed E-state index contributed by atoms with van der Waals surface area (Å²) in [6, 6.07) is 12.5. The Morgan fingerprint density at radius 3 is 2.37 bits per heavy atom. The van der Waals surface area contributed by atoms with Gasteiger partial charge in [-0.3, -0.25) is 14.5 Å². The highest BCUT2D eigenvalue weighted by molar-refractivity contribution is 8.15. The van der Waals surface area contributed by atoms with Gasteiger partial charge >= 0.3 is 5.97 Å². The number of methoxy groups -OCH3 is 3. The zero-order valence-corrected chi connectivity index (χ0v) is 17.6. The van der Waals surface area contributed by atoms with Gasteiger partial charge in [-0.15, -0.1) is 0 Å². The Labute approximate surface area is 178 Å². The normalized spacial score (nSPS) is 17.3. The average Bonchev–Trinajstić information content (AvgIpc) is 3.02. The van der Waals surface area contributed by atoms with E-state index < -0.39 is 11.2 Å². The quantitative estimate of drug-likeness (QED) is 0.686. The van der Waals surface area contributed by atoms with Gasteiger partial charge in [0.1, 0.15) is 11.0 Å². The summed E-state index contributed by atoms with van der Waals surface area (Å²) >= 11 is 1.16. The number of nitrogens with zero attached hydrogens (tertiary/aromatic N) is 2. The van der Waals surface area contributed by atoms with Crippen molar-refractivity contribution in [2.45, 2.75) is 18.2 Å². The summed E-state index contributed by atoms with van der Waals surface area (Å²) < 4.78 is 15.7. The molecular weight excluding hydrogens is 408 g/mol. The number of thioether (sulfide) groups is 1. The second-order valence-electron chi connectivity index (χ2n) is 6.41. The van der Waals surface area contributed by atoms with Gasteiger partial charge in [0, 0.05) is 0 Å². The summed E-state index contributed by atoms with van der Waals surface area (Å²) in [6.07, 6.45) is -0.270. The van der Waals surface area contributed by atoms with Gasteiger partial charge in [-0.2, -0.15) is 0 Å². The minimum atomic E-state index is -1.03. The molecule has 1 aliphatic heterocycles. The number of rotatable bonds is 8. The van der Waals surface area contributed by atoms with Crippen LogP contribution in [0.25, 0.3) is 0 Å². The molecule has 158 valence electrons. The number of carbonyl (C=O) groups is 2. The molecule has 9 heteroatoms. The molecule has 1 fully saturated rings. The number of carbonyl (C=O) groups excluding carboxylic acids is 1. The Morgan fingerprint density at radius 2 is 1.77 bits per heavy atom. The molecule has 1 saturated heterocycles. The van der Waals surface area contributed by atoms with Crippen molar-refractivity contribution in [1.82, 2.24) is 4.90 Å². The van der Waals surface area contributed by atoms with E-state index in [1.54, 1.807) is 50.6 Å². The van der Waals surface area contributed by atoms with E-state index in [4.69, 9.17) is 19.3 Å². The summed E-state index contributed by atoms with van der Waals surface area (Å²) in [7, 11) is 4.67. The van der Waals surface area contributed by atoms with Gasteiger partial charge in [0.2, 0.25) is 5.91 Å². The Balaban J connectivity index is 1.91. The number of hydrogen-bond acceptors (Lipinski definition) is 7. The maximum Gasteiger partial charge on any atom is 0.305 e. The first-order chi connectivity index (χ1) is 14.4. The number of ether oxygens (including phenoxy) is 3. The number of amidine groups is 1. The lowest BCUT2D eigenvalue weighted by molar-refractivity contribution is -0.139. The number of carboxylic acid groups (broad SMARTS) is 1. The second-order valence-corrected chi connectivity index (χ2v) is 7.58. The van der Waals surface area contributed by atoms with Crippen LogP contribution in [-0.2, 0) is 16.1 Å². The van der Waals surface area contributed by atoms with Crippen molar-refractivity contribution >= 4 is 34.5 Å². The van der Waals surface area contributed by atoms with Crippen molar-refractivity contribution in [3.05, 3.63) is 48.0 Å². The van der Waals surface area contributed by atoms with Gasteiger partial charge in [-0.05, 0) is 42.0 Å². The first kappa shape index (κ1) is 21.5. The molecule has 0 saturated carbocycles. The molecular formula is C21H22N2O6S. The third kappa shape index (κ3) is 4.85. The van der Waals surface area contributed by atoms with Crippen LogP contribution >= 0.6 is 11.8 Å². The second kappa shape index (κ2) is 9.53. The van der Waals surface area contributed by atoms with Crippen LogP contribution in [-0.4, -0.2) is 53.6 Å². The molecule has 1 amide bonds. The smallest absolute Gasteiger partial charge is 0.305 e. The SMILES string of the molecule is COc1ccc(N=C2SC(CC(=O)O)C(=O)N2Cc2ccc(OC)c(OC)c2)cc1. The highest BCUT2D eigenvalue weighted by atomic mass is 32.2. The van der Waals surface area contributed by atoms with E-state index in [0.717, 1.165) is 17.3 Å². The lowest BCUT2D eigenvalue weighted by Crippen LogP contribution is -2.32. The lowest BCUT2D eigenvalue weighted by Gasteiger charge is -2.18. The van der Waals surface area contributed by atoms with Gasteiger partial charge in [0.25, 0.3) is 0 Å². The summed E-state index contributed by atoms with van der Waals surface area (Å²) in [4.78, 5) is 30.2. The van der Waals surface area contributed by atoms with Crippen LogP contribution in [0.3, 0.4) is 0 Å². The van der Waals surface area contributed by atoms with E-state index in [-0.39, 0.29) is 18.9 Å². The zero-order chi connectivity index (χ0) is 21.7. The molecule has 1 atom stereocenters. The molecule has 0 spiro atoms. The van der Waals surface area contributed by atoms with Gasteiger partial charge in [0.15, 0.2) is 16.7 Å². The van der Waals surface area contributed by atoms with Crippen LogP contribution in [0.2, 0.25) is 0 Å².